The van der Waals surface area contributed by atoms with Crippen LogP contribution in [0.15, 0.2) is 53.4 Å². The number of amides is 1. The first kappa shape index (κ1) is 19.2. The van der Waals surface area contributed by atoms with Gasteiger partial charge in [0.1, 0.15) is 0 Å². The smallest absolute Gasteiger partial charge is 0.253 e. The van der Waals surface area contributed by atoms with E-state index >= 15 is 0 Å². The Kier molecular flexibility index (Phi) is 5.25. The van der Waals surface area contributed by atoms with E-state index in [0.29, 0.717) is 18.2 Å². The highest BCUT2D eigenvalue weighted by atomic mass is 32.2. The van der Waals surface area contributed by atoms with Crippen LogP contribution in [0.1, 0.15) is 34.3 Å². The fourth-order valence-electron chi connectivity index (χ4n) is 4.31. The summed E-state index contributed by atoms with van der Waals surface area (Å²) in [6.45, 7) is 3.38. The Labute approximate surface area is 166 Å². The summed E-state index contributed by atoms with van der Waals surface area (Å²) in [5.41, 5.74) is 3.27. The number of sulfone groups is 1. The van der Waals surface area contributed by atoms with Crippen molar-refractivity contribution in [3.63, 3.8) is 0 Å². The van der Waals surface area contributed by atoms with Crippen LogP contribution in [-0.2, 0) is 22.8 Å². The van der Waals surface area contributed by atoms with Gasteiger partial charge in [0, 0.05) is 44.0 Å². The monoisotopic (exact) mass is 398 g/mol. The van der Waals surface area contributed by atoms with E-state index in [4.69, 9.17) is 0 Å². The van der Waals surface area contributed by atoms with Crippen molar-refractivity contribution >= 4 is 15.7 Å². The summed E-state index contributed by atoms with van der Waals surface area (Å²) in [6, 6.07) is 15.3. The van der Waals surface area contributed by atoms with E-state index in [1.165, 1.54) is 29.5 Å². The van der Waals surface area contributed by atoms with Crippen molar-refractivity contribution in [2.75, 3.05) is 25.9 Å². The molecule has 0 saturated carbocycles. The lowest BCUT2D eigenvalue weighted by Crippen LogP contribution is -2.51. The minimum absolute atomic E-state index is 0.0763. The zero-order valence-electron chi connectivity index (χ0n) is 16.2. The Balaban J connectivity index is 1.48. The predicted molar refractivity (Wildman–Crippen MR) is 109 cm³/mol. The third kappa shape index (κ3) is 3.98. The van der Waals surface area contributed by atoms with Crippen molar-refractivity contribution in [1.29, 1.82) is 0 Å². The van der Waals surface area contributed by atoms with Crippen molar-refractivity contribution in [2.45, 2.75) is 36.7 Å². The number of piperidine rings is 1. The van der Waals surface area contributed by atoms with E-state index < -0.39 is 9.84 Å². The lowest BCUT2D eigenvalue weighted by atomic mass is 9.96. The number of benzene rings is 2. The second-order valence-corrected chi connectivity index (χ2v) is 9.85. The Bertz CT molecular complexity index is 987. The lowest BCUT2D eigenvalue weighted by molar-refractivity contribution is 0.0549. The highest BCUT2D eigenvalue weighted by Crippen LogP contribution is 2.25. The van der Waals surface area contributed by atoms with Crippen molar-refractivity contribution in [3.8, 4) is 0 Å². The van der Waals surface area contributed by atoms with Crippen molar-refractivity contribution in [2.24, 2.45) is 0 Å². The maximum Gasteiger partial charge on any atom is 0.253 e. The summed E-state index contributed by atoms with van der Waals surface area (Å²) >= 11 is 0. The van der Waals surface area contributed by atoms with E-state index in [9.17, 15) is 13.2 Å². The summed E-state index contributed by atoms with van der Waals surface area (Å²) < 4.78 is 23.6. The Morgan fingerprint density at radius 3 is 2.61 bits per heavy atom. The molecule has 1 atom stereocenters. The van der Waals surface area contributed by atoms with E-state index in [1.54, 1.807) is 12.1 Å². The molecule has 0 radical (unpaired) electrons. The molecule has 148 valence electrons. The molecule has 0 spiro atoms. The number of rotatable bonds is 3. The molecule has 5 nitrogen and oxygen atoms in total. The number of carbonyl (C=O) groups excluding carboxylic acids is 1. The van der Waals surface area contributed by atoms with Crippen LogP contribution < -0.4 is 0 Å². The lowest BCUT2D eigenvalue weighted by Gasteiger charge is -2.41. The van der Waals surface area contributed by atoms with Gasteiger partial charge in [0.15, 0.2) is 9.84 Å². The van der Waals surface area contributed by atoms with Gasteiger partial charge in [0.05, 0.1) is 4.90 Å². The van der Waals surface area contributed by atoms with Crippen LogP contribution in [0.5, 0.6) is 0 Å². The Morgan fingerprint density at radius 1 is 1.04 bits per heavy atom. The molecule has 1 fully saturated rings. The van der Waals surface area contributed by atoms with Gasteiger partial charge in [-0.1, -0.05) is 30.3 Å². The molecule has 28 heavy (non-hydrogen) atoms. The van der Waals surface area contributed by atoms with Crippen LogP contribution >= 0.6 is 0 Å². The molecule has 0 bridgehead atoms. The number of hydrogen-bond acceptors (Lipinski definition) is 4. The maximum absolute atomic E-state index is 13.0. The highest BCUT2D eigenvalue weighted by molar-refractivity contribution is 7.90. The topological polar surface area (TPSA) is 57.7 Å². The van der Waals surface area contributed by atoms with Gasteiger partial charge in [-0.25, -0.2) is 8.42 Å². The molecule has 6 heteroatoms. The van der Waals surface area contributed by atoms with Crippen LogP contribution in [0, 0.1) is 0 Å². The SMILES string of the molecule is CS(=O)(=O)c1cccc(C(=O)N2CCC[C@H](N3CCc4ccccc4C3)C2)c1. The number of likely N-dealkylation sites (tertiary alicyclic amines) is 1. The number of fused-ring (bicyclic) bond motifs is 1. The third-order valence-corrected chi connectivity index (χ3v) is 6.98. The molecule has 2 aliphatic heterocycles. The zero-order valence-corrected chi connectivity index (χ0v) is 17.0. The fraction of sp³-hybridized carbons (Fsp3) is 0.409. The van der Waals surface area contributed by atoms with Gasteiger partial charge in [-0.05, 0) is 48.6 Å². The van der Waals surface area contributed by atoms with E-state index in [2.05, 4.69) is 29.2 Å². The third-order valence-electron chi connectivity index (χ3n) is 5.87. The second-order valence-electron chi connectivity index (χ2n) is 7.84. The average Bonchev–Trinajstić information content (AvgIpc) is 2.72. The first-order valence-corrected chi connectivity index (χ1v) is 11.7. The van der Waals surface area contributed by atoms with Crippen LogP contribution in [0.25, 0.3) is 0 Å². The molecule has 2 aromatic carbocycles. The molecule has 1 saturated heterocycles. The Morgan fingerprint density at radius 2 is 1.82 bits per heavy atom. The molecule has 2 aliphatic rings. The predicted octanol–water partition coefficient (Wildman–Crippen LogP) is 2.75. The van der Waals surface area contributed by atoms with Gasteiger partial charge >= 0.3 is 0 Å². The fourth-order valence-corrected chi connectivity index (χ4v) is 4.98. The van der Waals surface area contributed by atoms with Crippen molar-refractivity contribution in [3.05, 3.63) is 65.2 Å². The highest BCUT2D eigenvalue weighted by Gasteiger charge is 2.30. The molecule has 0 N–H and O–H groups in total. The molecular formula is C22H26N2O3S. The molecule has 4 rings (SSSR count). The van der Waals surface area contributed by atoms with Gasteiger partial charge in [0.25, 0.3) is 5.91 Å². The van der Waals surface area contributed by atoms with Crippen LogP contribution in [-0.4, -0.2) is 56.1 Å². The summed E-state index contributed by atoms with van der Waals surface area (Å²) in [5, 5.41) is 0. The Hall–Kier alpha value is -2.18. The summed E-state index contributed by atoms with van der Waals surface area (Å²) in [5.74, 6) is -0.0763. The first-order valence-electron chi connectivity index (χ1n) is 9.82. The second kappa shape index (κ2) is 7.68. The van der Waals surface area contributed by atoms with Crippen LogP contribution in [0.2, 0.25) is 0 Å². The average molecular weight is 399 g/mol. The molecule has 2 heterocycles. The molecule has 0 unspecified atom stereocenters. The molecule has 2 aromatic rings. The molecule has 0 aromatic heterocycles. The van der Waals surface area contributed by atoms with E-state index in [0.717, 1.165) is 38.9 Å². The van der Waals surface area contributed by atoms with Gasteiger partial charge in [0.2, 0.25) is 0 Å². The van der Waals surface area contributed by atoms with Crippen molar-refractivity contribution in [1.82, 2.24) is 9.80 Å². The summed E-state index contributed by atoms with van der Waals surface area (Å²) in [6.07, 6.45) is 4.29. The van der Waals surface area contributed by atoms with Crippen LogP contribution in [0.4, 0.5) is 0 Å². The quantitative estimate of drug-likeness (QED) is 0.798. The normalized spacial score (nSPS) is 20.6. The zero-order chi connectivity index (χ0) is 19.7. The maximum atomic E-state index is 13.0. The summed E-state index contributed by atoms with van der Waals surface area (Å²) in [4.78, 5) is 17.6. The first-order chi connectivity index (χ1) is 13.4. The minimum atomic E-state index is -3.32. The standard InChI is InChI=1S/C22H26N2O3S/c1-28(26,27)21-10-4-8-18(14-21)22(25)24-12-5-9-20(16-24)23-13-11-17-6-2-3-7-19(17)15-23/h2-4,6-8,10,14,20H,5,9,11-13,15-16H2,1H3/t20-/m0/s1. The number of carbonyl (C=O) groups is 1. The largest absolute Gasteiger partial charge is 0.337 e. The number of nitrogens with zero attached hydrogens (tertiary/aromatic N) is 2. The molecule has 0 aliphatic carbocycles. The van der Waals surface area contributed by atoms with E-state index in [-0.39, 0.29) is 10.8 Å². The molecule has 1 amide bonds. The van der Waals surface area contributed by atoms with Gasteiger partial charge in [-0.2, -0.15) is 0 Å². The van der Waals surface area contributed by atoms with E-state index in [1.807, 2.05) is 4.90 Å². The van der Waals surface area contributed by atoms with Crippen molar-refractivity contribution < 1.29 is 13.2 Å². The van der Waals surface area contributed by atoms with Crippen LogP contribution in [0.3, 0.4) is 0 Å². The summed E-state index contributed by atoms with van der Waals surface area (Å²) in [7, 11) is -3.32. The molecular weight excluding hydrogens is 372 g/mol. The minimum Gasteiger partial charge on any atom is -0.337 e. The van der Waals surface area contributed by atoms with Gasteiger partial charge < -0.3 is 4.90 Å². The van der Waals surface area contributed by atoms with Gasteiger partial charge in [-0.3, -0.25) is 9.69 Å². The van der Waals surface area contributed by atoms with Gasteiger partial charge in [-0.15, -0.1) is 0 Å². The number of hydrogen-bond donors (Lipinski definition) is 0.